The zero-order chi connectivity index (χ0) is 15.7. The Labute approximate surface area is 137 Å². The van der Waals surface area contributed by atoms with Gasteiger partial charge in [-0.3, -0.25) is 0 Å². The fourth-order valence-corrected chi connectivity index (χ4v) is 3.32. The maximum Gasteiger partial charge on any atom is 0.334 e. The highest BCUT2D eigenvalue weighted by Gasteiger charge is 2.42. The van der Waals surface area contributed by atoms with Crippen LogP contribution in [-0.4, -0.2) is 13.1 Å². The van der Waals surface area contributed by atoms with Gasteiger partial charge in [0.2, 0.25) is 0 Å². The normalized spacial score (nSPS) is 20.8. The Kier molecular flexibility index (Phi) is 4.03. The molecule has 112 valence electrons. The second-order valence-corrected chi connectivity index (χ2v) is 5.95. The van der Waals surface area contributed by atoms with Crippen molar-refractivity contribution in [2.24, 2.45) is 0 Å². The number of esters is 1. The number of para-hydroxylation sites is 1. The van der Waals surface area contributed by atoms with Gasteiger partial charge in [-0.2, -0.15) is 0 Å². The van der Waals surface area contributed by atoms with Crippen molar-refractivity contribution >= 4 is 21.9 Å². The first-order chi connectivity index (χ1) is 10.6. The minimum Gasteiger partial charge on any atom is -0.496 e. The molecule has 1 saturated heterocycles. The molecule has 0 amide bonds. The molecule has 0 unspecified atom stereocenters. The number of rotatable bonds is 3. The summed E-state index contributed by atoms with van der Waals surface area (Å²) in [6.07, 6.45) is -0.435. The van der Waals surface area contributed by atoms with E-state index in [1.54, 1.807) is 7.11 Å². The van der Waals surface area contributed by atoms with Gasteiger partial charge in [-0.25, -0.2) is 4.79 Å². The highest BCUT2D eigenvalue weighted by atomic mass is 79.9. The first kappa shape index (κ1) is 14.9. The van der Waals surface area contributed by atoms with E-state index in [2.05, 4.69) is 22.5 Å². The lowest BCUT2D eigenvalue weighted by molar-refractivity contribution is -0.139. The fourth-order valence-electron chi connectivity index (χ4n) is 2.79. The predicted octanol–water partition coefficient (Wildman–Crippen LogP) is 4.40. The third-order valence-corrected chi connectivity index (χ3v) is 4.58. The van der Waals surface area contributed by atoms with Crippen LogP contribution >= 0.6 is 15.9 Å². The summed E-state index contributed by atoms with van der Waals surface area (Å²) in [7, 11) is 1.61. The molecule has 4 heteroatoms. The lowest BCUT2D eigenvalue weighted by atomic mass is 9.86. The van der Waals surface area contributed by atoms with Crippen LogP contribution in [0.5, 0.6) is 5.75 Å². The first-order valence-corrected chi connectivity index (χ1v) is 7.70. The van der Waals surface area contributed by atoms with E-state index in [0.717, 1.165) is 15.6 Å². The minimum absolute atomic E-state index is 0.237. The van der Waals surface area contributed by atoms with Gasteiger partial charge in [0.05, 0.1) is 13.0 Å². The van der Waals surface area contributed by atoms with Crippen LogP contribution in [0.2, 0.25) is 0 Å². The number of carbonyl (C=O) groups is 1. The summed E-state index contributed by atoms with van der Waals surface area (Å²) in [5, 5.41) is 0. The topological polar surface area (TPSA) is 35.5 Å². The lowest BCUT2D eigenvalue weighted by Gasteiger charge is -2.21. The van der Waals surface area contributed by atoms with Crippen LogP contribution in [0, 0.1) is 0 Å². The Morgan fingerprint density at radius 2 is 1.73 bits per heavy atom. The van der Waals surface area contributed by atoms with Crippen LogP contribution < -0.4 is 4.74 Å². The van der Waals surface area contributed by atoms with Gasteiger partial charge >= 0.3 is 5.97 Å². The number of cyclic esters (lactones) is 1. The van der Waals surface area contributed by atoms with Gasteiger partial charge in [0, 0.05) is 15.6 Å². The van der Waals surface area contributed by atoms with Crippen LogP contribution in [0.1, 0.15) is 23.1 Å². The smallest absolute Gasteiger partial charge is 0.334 e. The van der Waals surface area contributed by atoms with Gasteiger partial charge in [-0.05, 0) is 17.7 Å². The molecule has 0 N–H and O–H groups in total. The highest BCUT2D eigenvalue weighted by Crippen LogP contribution is 2.48. The molecule has 1 aliphatic heterocycles. The second-order valence-electron chi connectivity index (χ2n) is 5.09. The van der Waals surface area contributed by atoms with Crippen molar-refractivity contribution in [1.82, 2.24) is 0 Å². The van der Waals surface area contributed by atoms with E-state index in [4.69, 9.17) is 9.47 Å². The molecule has 3 nitrogen and oxygen atoms in total. The average molecular weight is 359 g/mol. The van der Waals surface area contributed by atoms with Crippen molar-refractivity contribution in [3.63, 3.8) is 0 Å². The minimum atomic E-state index is -0.435. The Balaban J connectivity index is 2.12. The van der Waals surface area contributed by atoms with Crippen LogP contribution in [0.3, 0.4) is 0 Å². The second kappa shape index (κ2) is 5.97. The SMILES string of the molecule is C=C1C(=O)O[C@H](c2ccccc2OC)[C@@H]1c1ccccc1Br. The third kappa shape index (κ3) is 2.44. The Bertz CT molecular complexity index is 739. The molecule has 0 radical (unpaired) electrons. The number of benzene rings is 2. The molecule has 1 aliphatic rings. The van der Waals surface area contributed by atoms with E-state index in [1.165, 1.54) is 0 Å². The van der Waals surface area contributed by atoms with E-state index >= 15 is 0 Å². The zero-order valence-electron chi connectivity index (χ0n) is 12.1. The van der Waals surface area contributed by atoms with Crippen LogP contribution in [0.25, 0.3) is 0 Å². The number of halogens is 1. The molecule has 0 spiro atoms. The van der Waals surface area contributed by atoms with E-state index in [9.17, 15) is 4.79 Å². The third-order valence-electron chi connectivity index (χ3n) is 3.86. The van der Waals surface area contributed by atoms with Crippen molar-refractivity contribution in [1.29, 1.82) is 0 Å². The fraction of sp³-hybridized carbons (Fsp3) is 0.167. The predicted molar refractivity (Wildman–Crippen MR) is 87.9 cm³/mol. The molecule has 1 fully saturated rings. The molecule has 2 aromatic rings. The maximum absolute atomic E-state index is 12.1. The summed E-state index contributed by atoms with van der Waals surface area (Å²) < 4.78 is 11.9. The van der Waals surface area contributed by atoms with Gasteiger partial charge in [-0.1, -0.05) is 58.9 Å². The molecular formula is C18H15BrO3. The van der Waals surface area contributed by atoms with Gasteiger partial charge in [-0.15, -0.1) is 0 Å². The van der Waals surface area contributed by atoms with E-state index in [1.807, 2.05) is 48.5 Å². The molecular weight excluding hydrogens is 344 g/mol. The molecule has 0 bridgehead atoms. The standard InChI is InChI=1S/C18H15BrO3/c1-11-16(12-7-3-5-9-14(12)19)17(22-18(11)20)13-8-4-6-10-15(13)21-2/h3-10,16-17H,1H2,2H3/t16-,17+/m0/s1. The largest absolute Gasteiger partial charge is 0.496 e. The number of ether oxygens (including phenoxy) is 2. The highest BCUT2D eigenvalue weighted by molar-refractivity contribution is 9.10. The Morgan fingerprint density at radius 3 is 2.41 bits per heavy atom. The van der Waals surface area contributed by atoms with Gasteiger partial charge in [0.15, 0.2) is 0 Å². The summed E-state index contributed by atoms with van der Waals surface area (Å²) >= 11 is 3.55. The summed E-state index contributed by atoms with van der Waals surface area (Å²) in [6, 6.07) is 15.4. The monoisotopic (exact) mass is 358 g/mol. The zero-order valence-corrected chi connectivity index (χ0v) is 13.7. The quantitative estimate of drug-likeness (QED) is 0.602. The molecule has 0 saturated carbocycles. The summed E-state index contributed by atoms with van der Waals surface area (Å²) in [5.74, 6) is 0.100. The van der Waals surface area contributed by atoms with E-state index < -0.39 is 6.10 Å². The maximum atomic E-state index is 12.1. The molecule has 2 aromatic carbocycles. The molecule has 3 rings (SSSR count). The average Bonchev–Trinajstić information content (AvgIpc) is 2.83. The van der Waals surface area contributed by atoms with Crippen molar-refractivity contribution in [3.8, 4) is 5.75 Å². The van der Waals surface area contributed by atoms with E-state index in [0.29, 0.717) is 11.3 Å². The number of carbonyl (C=O) groups excluding carboxylic acids is 1. The Hall–Kier alpha value is -2.07. The number of methoxy groups -OCH3 is 1. The Morgan fingerprint density at radius 1 is 1.09 bits per heavy atom. The van der Waals surface area contributed by atoms with Crippen molar-refractivity contribution < 1.29 is 14.3 Å². The molecule has 22 heavy (non-hydrogen) atoms. The van der Waals surface area contributed by atoms with Gasteiger partial charge in [0.1, 0.15) is 11.9 Å². The first-order valence-electron chi connectivity index (χ1n) is 6.90. The molecule has 1 heterocycles. The molecule has 0 aromatic heterocycles. The molecule has 0 aliphatic carbocycles. The van der Waals surface area contributed by atoms with Crippen LogP contribution in [0.4, 0.5) is 0 Å². The van der Waals surface area contributed by atoms with Crippen molar-refractivity contribution in [2.75, 3.05) is 7.11 Å². The summed E-state index contributed by atoms with van der Waals surface area (Å²) in [6.45, 7) is 3.93. The summed E-state index contributed by atoms with van der Waals surface area (Å²) in [4.78, 5) is 12.1. The lowest BCUT2D eigenvalue weighted by Crippen LogP contribution is -2.09. The van der Waals surface area contributed by atoms with Crippen LogP contribution in [0.15, 0.2) is 65.2 Å². The number of hydrogen-bond donors (Lipinski definition) is 0. The van der Waals surface area contributed by atoms with E-state index in [-0.39, 0.29) is 11.9 Å². The van der Waals surface area contributed by atoms with Gasteiger partial charge in [0.25, 0.3) is 0 Å². The van der Waals surface area contributed by atoms with Crippen molar-refractivity contribution in [3.05, 3.63) is 76.3 Å². The summed E-state index contributed by atoms with van der Waals surface area (Å²) in [5.41, 5.74) is 2.29. The van der Waals surface area contributed by atoms with Gasteiger partial charge < -0.3 is 9.47 Å². The van der Waals surface area contributed by atoms with Crippen molar-refractivity contribution in [2.45, 2.75) is 12.0 Å². The van der Waals surface area contributed by atoms with Crippen LogP contribution in [-0.2, 0) is 9.53 Å². The molecule has 2 atom stereocenters. The number of hydrogen-bond acceptors (Lipinski definition) is 3.